The van der Waals surface area contributed by atoms with E-state index >= 15 is 0 Å². The molecule has 1 saturated carbocycles. The van der Waals surface area contributed by atoms with Crippen molar-refractivity contribution in [3.8, 4) is 0 Å². The maximum atomic E-state index is 12.3. The van der Waals surface area contributed by atoms with Crippen molar-refractivity contribution in [3.63, 3.8) is 0 Å². The van der Waals surface area contributed by atoms with Crippen molar-refractivity contribution in [3.05, 3.63) is 24.3 Å². The van der Waals surface area contributed by atoms with Gasteiger partial charge in [0.1, 0.15) is 0 Å². The van der Waals surface area contributed by atoms with Crippen molar-refractivity contribution < 1.29 is 18.8 Å². The predicted octanol–water partition coefficient (Wildman–Crippen LogP) is 2.82. The van der Waals surface area contributed by atoms with Gasteiger partial charge in [-0.25, -0.2) is 0 Å². The van der Waals surface area contributed by atoms with Gasteiger partial charge >= 0.3 is 0 Å². The van der Waals surface area contributed by atoms with Crippen LogP contribution < -0.4 is 10.2 Å². The summed E-state index contributed by atoms with van der Waals surface area (Å²) in [5.41, 5.74) is 0.859. The van der Waals surface area contributed by atoms with Gasteiger partial charge in [-0.3, -0.25) is 9.69 Å². The van der Waals surface area contributed by atoms with Crippen molar-refractivity contribution in [2.24, 2.45) is 5.92 Å². The Balaban J connectivity index is 0.985. The van der Waals surface area contributed by atoms with E-state index in [1.54, 1.807) is 0 Å². The summed E-state index contributed by atoms with van der Waals surface area (Å²) >= 11 is 0. The average Bonchev–Trinajstić information content (AvgIpc) is 3.29. The third-order valence-corrected chi connectivity index (χ3v) is 7.39. The molecule has 0 spiro atoms. The van der Waals surface area contributed by atoms with Crippen LogP contribution in [0.1, 0.15) is 38.5 Å². The minimum Gasteiger partial charge on any atom is -0.376 e. The topological polar surface area (TPSA) is 80.1 Å². The van der Waals surface area contributed by atoms with E-state index in [0.717, 1.165) is 68.3 Å². The molecule has 3 heterocycles. The van der Waals surface area contributed by atoms with Gasteiger partial charge in [0.25, 0.3) is 0 Å². The number of carbonyl (C=O) groups excluding carboxylic acids is 1. The molecule has 3 aliphatic rings. The Morgan fingerprint density at radius 2 is 1.88 bits per heavy atom. The number of benzene rings is 1. The summed E-state index contributed by atoms with van der Waals surface area (Å²) in [4.78, 5) is 17.2. The molecule has 0 bridgehead atoms. The first-order valence-corrected chi connectivity index (χ1v) is 12.5. The van der Waals surface area contributed by atoms with E-state index in [2.05, 4.69) is 26.3 Å². The number of carbonyl (C=O) groups is 1. The van der Waals surface area contributed by atoms with Crippen LogP contribution in [0.15, 0.2) is 28.8 Å². The molecule has 180 valence electrons. The third kappa shape index (κ3) is 5.86. The molecule has 8 heteroatoms. The van der Waals surface area contributed by atoms with Crippen LogP contribution in [0, 0.1) is 5.92 Å². The highest BCUT2D eigenvalue weighted by atomic mass is 16.6. The van der Waals surface area contributed by atoms with Gasteiger partial charge in [0, 0.05) is 32.2 Å². The highest BCUT2D eigenvalue weighted by molar-refractivity contribution is 5.88. The lowest BCUT2D eigenvalue weighted by molar-refractivity contribution is -0.132. The molecule has 1 N–H and O–H groups in total. The smallest absolute Gasteiger partial charge is 0.222 e. The van der Waals surface area contributed by atoms with E-state index < -0.39 is 0 Å². The number of ether oxygens (including phenoxy) is 2. The number of aromatic nitrogens is 1. The van der Waals surface area contributed by atoms with Crippen LogP contribution in [0.3, 0.4) is 0 Å². The molecular formula is C25H36N4O4. The number of amides is 1. The van der Waals surface area contributed by atoms with Crippen LogP contribution in [0.5, 0.6) is 0 Å². The lowest BCUT2D eigenvalue weighted by Crippen LogP contribution is -2.47. The fraction of sp³-hybridized carbons (Fsp3) is 0.680. The number of fused-ring (bicyclic) bond motifs is 1. The van der Waals surface area contributed by atoms with Crippen molar-refractivity contribution in [2.75, 3.05) is 57.4 Å². The van der Waals surface area contributed by atoms with Gasteiger partial charge in [0.05, 0.1) is 37.7 Å². The van der Waals surface area contributed by atoms with Crippen molar-refractivity contribution in [1.82, 2.24) is 15.4 Å². The Morgan fingerprint density at radius 1 is 1.06 bits per heavy atom. The number of hydrogen-bond donors (Lipinski definition) is 1. The molecule has 2 aromatic rings. The molecule has 0 radical (unpaired) electrons. The molecule has 2 aliphatic heterocycles. The Bertz CT molecular complexity index is 897. The first-order valence-electron chi connectivity index (χ1n) is 12.5. The molecule has 2 saturated heterocycles. The fourth-order valence-corrected chi connectivity index (χ4v) is 5.39. The highest BCUT2D eigenvalue weighted by Crippen LogP contribution is 2.29. The molecule has 1 unspecified atom stereocenters. The number of piperazine rings is 1. The zero-order valence-electron chi connectivity index (χ0n) is 19.4. The quantitative estimate of drug-likeness (QED) is 0.686. The monoisotopic (exact) mass is 456 g/mol. The van der Waals surface area contributed by atoms with Crippen molar-refractivity contribution in [1.29, 1.82) is 0 Å². The Kier molecular flexibility index (Phi) is 7.43. The summed E-state index contributed by atoms with van der Waals surface area (Å²) in [5.74, 6) is 1.85. The molecule has 1 atom stereocenters. The molecule has 1 aromatic carbocycles. The van der Waals surface area contributed by atoms with Gasteiger partial charge in [0.15, 0.2) is 11.4 Å². The first-order chi connectivity index (χ1) is 16.2. The SMILES string of the molecule is O=C(CC1COCCO1)N[C@H]1CC[C@H](CCN2CCN(c3noc4ccccc34)CC2)CC1. The van der Waals surface area contributed by atoms with Gasteiger partial charge < -0.3 is 24.2 Å². The zero-order valence-corrected chi connectivity index (χ0v) is 19.4. The summed E-state index contributed by atoms with van der Waals surface area (Å²) in [5, 5.41) is 8.64. The van der Waals surface area contributed by atoms with E-state index in [4.69, 9.17) is 14.0 Å². The Hall–Kier alpha value is -2.16. The summed E-state index contributed by atoms with van der Waals surface area (Å²) in [6, 6.07) is 8.41. The molecule has 5 rings (SSSR count). The van der Waals surface area contributed by atoms with Crippen LogP contribution >= 0.6 is 0 Å². The maximum Gasteiger partial charge on any atom is 0.222 e. The number of rotatable bonds is 7. The predicted molar refractivity (Wildman–Crippen MR) is 126 cm³/mol. The second-order valence-corrected chi connectivity index (χ2v) is 9.68. The van der Waals surface area contributed by atoms with Crippen LogP contribution in [0.25, 0.3) is 11.0 Å². The van der Waals surface area contributed by atoms with E-state index in [1.165, 1.54) is 19.3 Å². The van der Waals surface area contributed by atoms with E-state index in [-0.39, 0.29) is 12.0 Å². The number of nitrogens with zero attached hydrogens (tertiary/aromatic N) is 3. The Labute approximate surface area is 195 Å². The molecule has 1 aromatic heterocycles. The van der Waals surface area contributed by atoms with Gasteiger partial charge in [0.2, 0.25) is 5.91 Å². The average molecular weight is 457 g/mol. The van der Waals surface area contributed by atoms with Crippen LogP contribution in [0.2, 0.25) is 0 Å². The van der Waals surface area contributed by atoms with Crippen LogP contribution in [-0.2, 0) is 14.3 Å². The minimum atomic E-state index is -0.0847. The normalized spacial score (nSPS) is 27.0. The fourth-order valence-electron chi connectivity index (χ4n) is 5.39. The lowest BCUT2D eigenvalue weighted by Gasteiger charge is -2.36. The van der Waals surface area contributed by atoms with Crippen molar-refractivity contribution >= 4 is 22.7 Å². The Morgan fingerprint density at radius 3 is 2.67 bits per heavy atom. The van der Waals surface area contributed by atoms with Gasteiger partial charge in [-0.2, -0.15) is 0 Å². The maximum absolute atomic E-state index is 12.3. The molecule has 1 aliphatic carbocycles. The lowest BCUT2D eigenvalue weighted by atomic mass is 9.84. The van der Waals surface area contributed by atoms with Gasteiger partial charge in [-0.15, -0.1) is 0 Å². The molecule has 33 heavy (non-hydrogen) atoms. The number of para-hydroxylation sites is 1. The zero-order chi connectivity index (χ0) is 22.5. The minimum absolute atomic E-state index is 0.0847. The van der Waals surface area contributed by atoms with Gasteiger partial charge in [-0.05, 0) is 56.7 Å². The highest BCUT2D eigenvalue weighted by Gasteiger charge is 2.26. The second kappa shape index (κ2) is 10.8. The number of nitrogens with one attached hydrogen (secondary N) is 1. The molecule has 1 amide bonds. The van der Waals surface area contributed by atoms with E-state index in [1.807, 2.05) is 18.2 Å². The third-order valence-electron chi connectivity index (χ3n) is 7.39. The van der Waals surface area contributed by atoms with Gasteiger partial charge in [-0.1, -0.05) is 17.3 Å². The summed E-state index contributed by atoms with van der Waals surface area (Å²) in [6.07, 6.45) is 6.17. The first kappa shape index (κ1) is 22.6. The molecular weight excluding hydrogens is 420 g/mol. The summed E-state index contributed by atoms with van der Waals surface area (Å²) in [7, 11) is 0. The summed E-state index contributed by atoms with van der Waals surface area (Å²) < 4.78 is 16.5. The van der Waals surface area contributed by atoms with E-state index in [0.29, 0.717) is 32.3 Å². The summed E-state index contributed by atoms with van der Waals surface area (Å²) in [6.45, 7) is 7.04. The second-order valence-electron chi connectivity index (χ2n) is 9.68. The largest absolute Gasteiger partial charge is 0.376 e. The number of anilines is 1. The van der Waals surface area contributed by atoms with Crippen molar-refractivity contribution in [2.45, 2.75) is 50.7 Å². The van der Waals surface area contributed by atoms with Crippen LogP contribution in [0.4, 0.5) is 5.82 Å². The standard InChI is InChI=1S/C25H36N4O4/c30-24(17-21-18-31-15-16-32-21)26-20-7-5-19(6-8-20)9-10-28-11-13-29(14-12-28)25-22-3-1-2-4-23(22)33-27-25/h1-4,19-21H,5-18H2,(H,26,30)/t19-,20-,21?. The molecule has 8 nitrogen and oxygen atoms in total. The number of hydrogen-bond acceptors (Lipinski definition) is 7. The van der Waals surface area contributed by atoms with Crippen LogP contribution in [-0.4, -0.2) is 80.7 Å². The van der Waals surface area contributed by atoms with E-state index in [9.17, 15) is 4.79 Å². The molecule has 3 fully saturated rings.